The maximum absolute atomic E-state index is 5.64. The highest BCUT2D eigenvalue weighted by Crippen LogP contribution is 2.16. The van der Waals surface area contributed by atoms with E-state index in [2.05, 4.69) is 57.8 Å². The van der Waals surface area contributed by atoms with Gasteiger partial charge in [-0.1, -0.05) is 27.7 Å². The van der Waals surface area contributed by atoms with Crippen molar-refractivity contribution >= 4 is 0 Å². The molecule has 0 spiro atoms. The first kappa shape index (κ1) is 17.3. The van der Waals surface area contributed by atoms with Gasteiger partial charge < -0.3 is 9.73 Å². The second-order valence-corrected chi connectivity index (χ2v) is 6.81. The van der Waals surface area contributed by atoms with E-state index in [1.165, 1.54) is 5.56 Å². The van der Waals surface area contributed by atoms with Crippen LogP contribution in [-0.2, 0) is 13.1 Å². The molecule has 0 fully saturated rings. The van der Waals surface area contributed by atoms with E-state index in [1.807, 2.05) is 6.26 Å². The summed E-state index contributed by atoms with van der Waals surface area (Å²) in [5.41, 5.74) is 1.32. The maximum Gasteiger partial charge on any atom is 0.122 e. The molecule has 20 heavy (non-hydrogen) atoms. The first-order valence-electron chi connectivity index (χ1n) is 7.90. The van der Waals surface area contributed by atoms with Gasteiger partial charge in [-0.2, -0.15) is 0 Å². The van der Waals surface area contributed by atoms with Crippen molar-refractivity contribution in [3.63, 3.8) is 0 Å². The summed E-state index contributed by atoms with van der Waals surface area (Å²) in [6.07, 6.45) is 1.82. The standard InChI is InChI=1S/C17H32N2O/c1-13(2)9-18-10-17-16(7-8-20-17)12-19(15(5)6)11-14(3)4/h7-8,13-15,18H,9-12H2,1-6H3. The van der Waals surface area contributed by atoms with Crippen LogP contribution in [0.5, 0.6) is 0 Å². The Bertz CT molecular complexity index is 369. The Morgan fingerprint density at radius 3 is 2.35 bits per heavy atom. The van der Waals surface area contributed by atoms with Crippen LogP contribution in [0.2, 0.25) is 0 Å². The molecule has 1 heterocycles. The van der Waals surface area contributed by atoms with Crippen molar-refractivity contribution in [1.29, 1.82) is 0 Å². The van der Waals surface area contributed by atoms with E-state index in [1.54, 1.807) is 0 Å². The molecule has 0 radical (unpaired) electrons. The lowest BCUT2D eigenvalue weighted by Gasteiger charge is -2.28. The van der Waals surface area contributed by atoms with Crippen LogP contribution in [0.1, 0.15) is 52.9 Å². The Kier molecular flexibility index (Phi) is 7.31. The molecule has 0 aliphatic carbocycles. The molecule has 3 heteroatoms. The highest BCUT2D eigenvalue weighted by Gasteiger charge is 2.15. The van der Waals surface area contributed by atoms with E-state index in [0.29, 0.717) is 17.9 Å². The predicted molar refractivity (Wildman–Crippen MR) is 85.6 cm³/mol. The summed E-state index contributed by atoms with van der Waals surface area (Å²) in [5.74, 6) is 2.44. The molecule has 0 aliphatic heterocycles. The van der Waals surface area contributed by atoms with E-state index >= 15 is 0 Å². The zero-order valence-corrected chi connectivity index (χ0v) is 14.1. The summed E-state index contributed by atoms with van der Waals surface area (Å²) < 4.78 is 5.64. The van der Waals surface area contributed by atoms with Gasteiger partial charge in [-0.25, -0.2) is 0 Å². The zero-order valence-electron chi connectivity index (χ0n) is 14.1. The zero-order chi connectivity index (χ0) is 15.1. The third-order valence-corrected chi connectivity index (χ3v) is 3.38. The van der Waals surface area contributed by atoms with Crippen molar-refractivity contribution in [1.82, 2.24) is 10.2 Å². The molecule has 0 bridgehead atoms. The molecule has 0 unspecified atom stereocenters. The molecule has 1 N–H and O–H groups in total. The van der Waals surface area contributed by atoms with Gasteiger partial charge in [-0.15, -0.1) is 0 Å². The van der Waals surface area contributed by atoms with Crippen molar-refractivity contribution in [2.45, 2.75) is 60.7 Å². The molecule has 1 aromatic heterocycles. The second-order valence-electron chi connectivity index (χ2n) is 6.81. The van der Waals surface area contributed by atoms with Gasteiger partial charge in [0.25, 0.3) is 0 Å². The molecular weight excluding hydrogens is 248 g/mol. The van der Waals surface area contributed by atoms with Crippen LogP contribution in [0.4, 0.5) is 0 Å². The Morgan fingerprint density at radius 2 is 1.80 bits per heavy atom. The summed E-state index contributed by atoms with van der Waals surface area (Å²) in [7, 11) is 0. The number of furan rings is 1. The fraction of sp³-hybridized carbons (Fsp3) is 0.765. The van der Waals surface area contributed by atoms with Gasteiger partial charge in [0.05, 0.1) is 12.8 Å². The Labute approximate surface area is 124 Å². The number of hydrogen-bond donors (Lipinski definition) is 1. The quantitative estimate of drug-likeness (QED) is 0.744. The van der Waals surface area contributed by atoms with Gasteiger partial charge in [0, 0.05) is 24.7 Å². The molecule has 3 nitrogen and oxygen atoms in total. The van der Waals surface area contributed by atoms with Crippen molar-refractivity contribution in [2.75, 3.05) is 13.1 Å². The van der Waals surface area contributed by atoms with Gasteiger partial charge in [-0.3, -0.25) is 4.90 Å². The normalized spacial score (nSPS) is 12.3. The number of hydrogen-bond acceptors (Lipinski definition) is 3. The van der Waals surface area contributed by atoms with E-state index in [-0.39, 0.29) is 0 Å². The third kappa shape index (κ3) is 6.10. The van der Waals surface area contributed by atoms with Gasteiger partial charge in [0.2, 0.25) is 0 Å². The third-order valence-electron chi connectivity index (χ3n) is 3.38. The highest BCUT2D eigenvalue weighted by molar-refractivity contribution is 5.17. The van der Waals surface area contributed by atoms with Gasteiger partial charge in [0.15, 0.2) is 0 Å². The lowest BCUT2D eigenvalue weighted by molar-refractivity contribution is 0.187. The Hall–Kier alpha value is -0.800. The fourth-order valence-electron chi connectivity index (χ4n) is 2.28. The summed E-state index contributed by atoms with van der Waals surface area (Å²) >= 11 is 0. The molecule has 0 aromatic carbocycles. The first-order valence-corrected chi connectivity index (χ1v) is 7.90. The van der Waals surface area contributed by atoms with Crippen molar-refractivity contribution in [2.24, 2.45) is 11.8 Å². The fourth-order valence-corrected chi connectivity index (χ4v) is 2.28. The monoisotopic (exact) mass is 280 g/mol. The molecule has 0 saturated heterocycles. The summed E-state index contributed by atoms with van der Waals surface area (Å²) in [6, 6.07) is 2.67. The van der Waals surface area contributed by atoms with Crippen LogP contribution in [-0.4, -0.2) is 24.0 Å². The summed E-state index contributed by atoms with van der Waals surface area (Å²) in [5, 5.41) is 3.46. The average Bonchev–Trinajstić information content (AvgIpc) is 2.74. The second kappa shape index (κ2) is 8.48. The minimum atomic E-state index is 0.559. The van der Waals surface area contributed by atoms with Crippen molar-refractivity contribution < 1.29 is 4.42 Å². The molecule has 0 saturated carbocycles. The van der Waals surface area contributed by atoms with Crippen LogP contribution < -0.4 is 5.32 Å². The summed E-state index contributed by atoms with van der Waals surface area (Å²) in [4.78, 5) is 2.52. The van der Waals surface area contributed by atoms with E-state index in [9.17, 15) is 0 Å². The van der Waals surface area contributed by atoms with Gasteiger partial charge in [-0.05, 0) is 38.3 Å². The first-order chi connectivity index (χ1) is 9.40. The van der Waals surface area contributed by atoms with Crippen LogP contribution in [0.25, 0.3) is 0 Å². The molecular formula is C17H32N2O. The molecule has 116 valence electrons. The van der Waals surface area contributed by atoms with E-state index in [0.717, 1.165) is 31.9 Å². The number of rotatable bonds is 9. The molecule has 0 amide bonds. The number of nitrogens with one attached hydrogen (secondary N) is 1. The smallest absolute Gasteiger partial charge is 0.122 e. The minimum absolute atomic E-state index is 0.559. The van der Waals surface area contributed by atoms with Crippen LogP contribution in [0.15, 0.2) is 16.7 Å². The lowest BCUT2D eigenvalue weighted by Crippen LogP contribution is -2.34. The topological polar surface area (TPSA) is 28.4 Å². The minimum Gasteiger partial charge on any atom is -0.468 e. The van der Waals surface area contributed by atoms with E-state index in [4.69, 9.17) is 4.42 Å². The lowest BCUT2D eigenvalue weighted by atomic mass is 10.1. The van der Waals surface area contributed by atoms with Gasteiger partial charge >= 0.3 is 0 Å². The average molecular weight is 280 g/mol. The molecule has 0 atom stereocenters. The predicted octanol–water partition coefficient (Wildman–Crippen LogP) is 3.89. The van der Waals surface area contributed by atoms with Crippen molar-refractivity contribution in [3.05, 3.63) is 23.7 Å². The van der Waals surface area contributed by atoms with Gasteiger partial charge in [0.1, 0.15) is 5.76 Å². The number of nitrogens with zero attached hydrogens (tertiary/aromatic N) is 1. The van der Waals surface area contributed by atoms with Crippen LogP contribution >= 0.6 is 0 Å². The van der Waals surface area contributed by atoms with Crippen LogP contribution in [0.3, 0.4) is 0 Å². The maximum atomic E-state index is 5.64. The Morgan fingerprint density at radius 1 is 1.10 bits per heavy atom. The largest absolute Gasteiger partial charge is 0.468 e. The van der Waals surface area contributed by atoms with Crippen molar-refractivity contribution in [3.8, 4) is 0 Å². The Balaban J connectivity index is 2.59. The molecule has 0 aliphatic rings. The van der Waals surface area contributed by atoms with Crippen LogP contribution in [0, 0.1) is 11.8 Å². The SMILES string of the molecule is CC(C)CNCc1occc1CN(CC(C)C)C(C)C. The molecule has 1 rings (SSSR count). The molecule has 1 aromatic rings. The van der Waals surface area contributed by atoms with E-state index < -0.39 is 0 Å². The summed E-state index contributed by atoms with van der Waals surface area (Å²) in [6.45, 7) is 17.5. The highest BCUT2D eigenvalue weighted by atomic mass is 16.3.